The van der Waals surface area contributed by atoms with Crippen LogP contribution in [-0.4, -0.2) is 52.3 Å². The summed E-state index contributed by atoms with van der Waals surface area (Å²) in [6.45, 7) is 2.80. The highest BCUT2D eigenvalue weighted by molar-refractivity contribution is 5.94. The lowest BCUT2D eigenvalue weighted by Crippen LogP contribution is -2.50. The van der Waals surface area contributed by atoms with E-state index in [1.54, 1.807) is 6.07 Å². The number of nitrogens with zero attached hydrogens (tertiary/aromatic N) is 2. The lowest BCUT2D eigenvalue weighted by molar-refractivity contribution is 0.0450. The zero-order valence-corrected chi connectivity index (χ0v) is 15.1. The van der Waals surface area contributed by atoms with Gasteiger partial charge in [0.1, 0.15) is 5.56 Å². The van der Waals surface area contributed by atoms with Gasteiger partial charge in [0.2, 0.25) is 0 Å². The van der Waals surface area contributed by atoms with Crippen LogP contribution in [0.5, 0.6) is 0 Å². The molecule has 1 amide bonds. The Morgan fingerprint density at radius 3 is 2.65 bits per heavy atom. The Morgan fingerprint density at radius 2 is 1.92 bits per heavy atom. The maximum absolute atomic E-state index is 13.2. The van der Waals surface area contributed by atoms with E-state index < -0.39 is 0 Å². The molecule has 0 aliphatic carbocycles. The van der Waals surface area contributed by atoms with Crippen LogP contribution >= 0.6 is 0 Å². The van der Waals surface area contributed by atoms with Crippen LogP contribution in [0, 0.1) is 11.8 Å². The summed E-state index contributed by atoms with van der Waals surface area (Å²) in [7, 11) is 0. The van der Waals surface area contributed by atoms with Crippen LogP contribution in [0.1, 0.15) is 54.1 Å². The molecule has 5 atom stereocenters. The summed E-state index contributed by atoms with van der Waals surface area (Å²) < 4.78 is 1.87. The second-order valence-corrected chi connectivity index (χ2v) is 8.66. The van der Waals surface area contributed by atoms with Gasteiger partial charge in [-0.25, -0.2) is 0 Å². The van der Waals surface area contributed by atoms with Crippen LogP contribution in [0.25, 0.3) is 0 Å². The van der Waals surface area contributed by atoms with Crippen molar-refractivity contribution in [2.45, 2.75) is 56.7 Å². The first-order valence-corrected chi connectivity index (χ1v) is 10.0. The van der Waals surface area contributed by atoms with Gasteiger partial charge in [-0.1, -0.05) is 0 Å². The minimum atomic E-state index is -0.104. The lowest BCUT2D eigenvalue weighted by atomic mass is 9.84. The van der Waals surface area contributed by atoms with Gasteiger partial charge >= 0.3 is 0 Å². The number of hydrogen-bond donors (Lipinski definition) is 2. The average molecular weight is 357 g/mol. The van der Waals surface area contributed by atoms with Gasteiger partial charge in [-0.05, 0) is 62.6 Å². The predicted molar refractivity (Wildman–Crippen MR) is 97.2 cm³/mol. The molecule has 2 N–H and O–H groups in total. The molecule has 0 aromatic carbocycles. The van der Waals surface area contributed by atoms with Crippen molar-refractivity contribution in [3.05, 3.63) is 33.7 Å². The molecule has 1 aromatic rings. The number of aliphatic hydroxyl groups excluding tert-OH is 1. The molecule has 5 heterocycles. The van der Waals surface area contributed by atoms with E-state index in [0.29, 0.717) is 23.3 Å². The highest BCUT2D eigenvalue weighted by Crippen LogP contribution is 2.39. The highest BCUT2D eigenvalue weighted by Gasteiger charge is 2.44. The third-order valence-electron chi connectivity index (χ3n) is 7.06. The van der Waals surface area contributed by atoms with Crippen LogP contribution in [0.2, 0.25) is 0 Å². The van der Waals surface area contributed by atoms with E-state index in [1.807, 2.05) is 15.5 Å². The van der Waals surface area contributed by atoms with Gasteiger partial charge in [-0.15, -0.1) is 0 Å². The van der Waals surface area contributed by atoms with E-state index in [0.717, 1.165) is 57.4 Å². The molecule has 4 aliphatic heterocycles. The predicted octanol–water partition coefficient (Wildman–Crippen LogP) is 0.930. The molecular weight excluding hydrogens is 330 g/mol. The summed E-state index contributed by atoms with van der Waals surface area (Å²) in [5.74, 6) is 1.08. The molecule has 6 heteroatoms. The number of aromatic nitrogens is 1. The first kappa shape index (κ1) is 16.5. The number of piperidine rings is 2. The van der Waals surface area contributed by atoms with Gasteiger partial charge in [-0.2, -0.15) is 0 Å². The summed E-state index contributed by atoms with van der Waals surface area (Å²) >= 11 is 0. The van der Waals surface area contributed by atoms with Crippen LogP contribution in [0.3, 0.4) is 0 Å². The van der Waals surface area contributed by atoms with Crippen molar-refractivity contribution < 1.29 is 9.90 Å². The van der Waals surface area contributed by atoms with Crippen molar-refractivity contribution in [2.24, 2.45) is 11.8 Å². The summed E-state index contributed by atoms with van der Waals surface area (Å²) in [6, 6.07) is 4.14. The van der Waals surface area contributed by atoms with Gasteiger partial charge in [0, 0.05) is 43.4 Å². The molecule has 6 nitrogen and oxygen atoms in total. The molecule has 4 aliphatic rings. The normalized spacial score (nSPS) is 35.3. The Bertz CT molecular complexity index is 775. The minimum Gasteiger partial charge on any atom is -0.396 e. The molecule has 1 aromatic heterocycles. The second kappa shape index (κ2) is 6.20. The Balaban J connectivity index is 1.47. The zero-order chi connectivity index (χ0) is 17.8. The van der Waals surface area contributed by atoms with E-state index in [9.17, 15) is 14.7 Å². The molecular formula is C20H27N3O3. The Labute approximate surface area is 153 Å². The van der Waals surface area contributed by atoms with Crippen LogP contribution in [0.15, 0.2) is 16.9 Å². The van der Waals surface area contributed by atoms with Gasteiger partial charge in [0.25, 0.3) is 11.5 Å². The average Bonchev–Trinajstić information content (AvgIpc) is 2.92. The fourth-order valence-electron chi connectivity index (χ4n) is 5.86. The maximum Gasteiger partial charge on any atom is 0.263 e. The molecule has 140 valence electrons. The van der Waals surface area contributed by atoms with Crippen molar-refractivity contribution in [2.75, 3.05) is 19.7 Å². The molecule has 26 heavy (non-hydrogen) atoms. The van der Waals surface area contributed by atoms with Crippen molar-refractivity contribution in [3.63, 3.8) is 0 Å². The maximum atomic E-state index is 13.2. The number of hydrogen-bond acceptors (Lipinski definition) is 4. The fraction of sp³-hybridized carbons (Fsp3) is 0.700. The molecule has 0 saturated carbocycles. The van der Waals surface area contributed by atoms with Gasteiger partial charge in [-0.3, -0.25) is 9.59 Å². The zero-order valence-electron chi connectivity index (χ0n) is 15.1. The highest BCUT2D eigenvalue weighted by atomic mass is 16.3. The van der Waals surface area contributed by atoms with Crippen LogP contribution in [-0.2, 0) is 6.54 Å². The van der Waals surface area contributed by atoms with Crippen LogP contribution < -0.4 is 10.9 Å². The first-order chi connectivity index (χ1) is 12.7. The first-order valence-electron chi connectivity index (χ1n) is 10.0. The molecule has 0 radical (unpaired) electrons. The van der Waals surface area contributed by atoms with Crippen molar-refractivity contribution in [1.29, 1.82) is 0 Å². The smallest absolute Gasteiger partial charge is 0.263 e. The molecule has 0 spiro atoms. The number of amides is 1. The monoisotopic (exact) mass is 357 g/mol. The van der Waals surface area contributed by atoms with E-state index in [1.165, 1.54) is 0 Å². The third-order valence-corrected chi connectivity index (χ3v) is 7.06. The topological polar surface area (TPSA) is 74.6 Å². The standard InChI is InChI=1S/C20H27N3O3/c24-11-12-6-15-1-2-16(7-12)23(15)20(26)17-3-4-18-14-5-13(8-21-9-14)10-22(18)19(17)25/h3-4,12-16,21,24H,1-2,5-11H2/t12?,13-,14+,15-,16+/m0/s1. The number of fused-ring (bicyclic) bond motifs is 6. The Hall–Kier alpha value is -1.66. The Kier molecular flexibility index (Phi) is 3.94. The van der Waals surface area contributed by atoms with Gasteiger partial charge < -0.3 is 19.9 Å². The third kappa shape index (κ3) is 2.46. The van der Waals surface area contributed by atoms with Gasteiger partial charge in [0.15, 0.2) is 0 Å². The molecule has 3 saturated heterocycles. The molecule has 4 bridgehead atoms. The number of pyridine rings is 1. The van der Waals surface area contributed by atoms with Gasteiger partial charge in [0.05, 0.1) is 0 Å². The van der Waals surface area contributed by atoms with Crippen molar-refractivity contribution in [1.82, 2.24) is 14.8 Å². The summed E-state index contributed by atoms with van der Waals surface area (Å²) in [5, 5.41) is 12.9. The number of carbonyl (C=O) groups is 1. The number of aliphatic hydroxyl groups is 1. The summed E-state index contributed by atoms with van der Waals surface area (Å²) in [6.07, 6.45) is 4.85. The molecule has 1 unspecified atom stereocenters. The Morgan fingerprint density at radius 1 is 1.15 bits per heavy atom. The van der Waals surface area contributed by atoms with E-state index >= 15 is 0 Å². The molecule has 3 fully saturated rings. The van der Waals surface area contributed by atoms with Crippen molar-refractivity contribution >= 4 is 5.91 Å². The van der Waals surface area contributed by atoms with Crippen molar-refractivity contribution in [3.8, 4) is 0 Å². The van der Waals surface area contributed by atoms with Crippen LogP contribution in [0.4, 0.5) is 0 Å². The number of rotatable bonds is 2. The van der Waals surface area contributed by atoms with E-state index in [2.05, 4.69) is 5.32 Å². The lowest BCUT2D eigenvalue weighted by Gasteiger charge is -2.39. The minimum absolute atomic E-state index is 0.0944. The van der Waals surface area contributed by atoms with E-state index in [-0.39, 0.29) is 30.2 Å². The van der Waals surface area contributed by atoms with E-state index in [4.69, 9.17) is 0 Å². The number of nitrogens with one attached hydrogen (secondary N) is 1. The SMILES string of the molecule is O=C(c1ccc2n(c1=O)C[C@@H]1CNC[C@H]2C1)N1[C@@H]2CC[C@H]1CC(CO)C2. The largest absolute Gasteiger partial charge is 0.396 e. The molecule has 5 rings (SSSR count). The number of carbonyl (C=O) groups excluding carboxylic acids is 1. The summed E-state index contributed by atoms with van der Waals surface area (Å²) in [4.78, 5) is 28.3. The summed E-state index contributed by atoms with van der Waals surface area (Å²) in [5.41, 5.74) is 1.31. The second-order valence-electron chi connectivity index (χ2n) is 8.66. The quantitative estimate of drug-likeness (QED) is 0.826. The fourth-order valence-corrected chi connectivity index (χ4v) is 5.86.